The fourth-order valence-electron chi connectivity index (χ4n) is 8.47. The van der Waals surface area contributed by atoms with E-state index in [1.165, 1.54) is 238 Å². The summed E-state index contributed by atoms with van der Waals surface area (Å²) in [6.45, 7) is 4.29. The van der Waals surface area contributed by atoms with Crippen molar-refractivity contribution in [2.45, 2.75) is 315 Å². The van der Waals surface area contributed by atoms with Gasteiger partial charge in [0.2, 0.25) is 5.91 Å². The van der Waals surface area contributed by atoms with Crippen molar-refractivity contribution in [1.82, 2.24) is 5.32 Å². The molecule has 0 saturated heterocycles. The highest BCUT2D eigenvalue weighted by atomic mass is 16.3. The fraction of sp³-hybridized carbons (Fsp3) is 0.980. The van der Waals surface area contributed by atoms with E-state index in [1.54, 1.807) is 0 Å². The third kappa shape index (κ3) is 42.9. The van der Waals surface area contributed by atoms with E-state index in [0.29, 0.717) is 12.8 Å². The van der Waals surface area contributed by atoms with E-state index >= 15 is 0 Å². The highest BCUT2D eigenvalue weighted by Gasteiger charge is 2.21. The van der Waals surface area contributed by atoms with E-state index in [2.05, 4.69) is 19.2 Å². The van der Waals surface area contributed by atoms with Crippen molar-refractivity contribution in [3.63, 3.8) is 0 Å². The number of unbranched alkanes of at least 4 members (excludes halogenated alkanes) is 39. The van der Waals surface area contributed by atoms with Crippen molar-refractivity contribution < 1.29 is 20.1 Å². The van der Waals surface area contributed by atoms with E-state index in [-0.39, 0.29) is 18.9 Å². The van der Waals surface area contributed by atoms with E-state index in [0.717, 1.165) is 25.7 Å². The van der Waals surface area contributed by atoms with Crippen molar-refractivity contribution in [3.05, 3.63) is 0 Å². The molecule has 1 amide bonds. The molecule has 4 N–H and O–H groups in total. The summed E-state index contributed by atoms with van der Waals surface area (Å²) in [6, 6.07) is -0.653. The monoisotopic (exact) mass is 794 g/mol. The van der Waals surface area contributed by atoms with E-state index in [9.17, 15) is 20.1 Å². The second-order valence-electron chi connectivity index (χ2n) is 18.1. The minimum atomic E-state index is -0.744. The first-order valence-electron chi connectivity index (χ1n) is 25.8. The van der Waals surface area contributed by atoms with Crippen LogP contribution in [-0.2, 0) is 4.79 Å². The Morgan fingerprint density at radius 2 is 0.607 bits per heavy atom. The highest BCUT2D eigenvalue weighted by Crippen LogP contribution is 2.18. The number of carbonyl (C=O) groups excluding carboxylic acids is 1. The second kappa shape index (κ2) is 47.0. The molecule has 0 aliphatic heterocycles. The molecule has 0 aliphatic carbocycles. The molecule has 0 bridgehead atoms. The smallest absolute Gasteiger partial charge is 0.222 e. The molecule has 0 radical (unpaired) electrons. The Morgan fingerprint density at radius 3 is 0.857 bits per heavy atom. The Balaban J connectivity index is 3.49. The molecule has 56 heavy (non-hydrogen) atoms. The van der Waals surface area contributed by atoms with Crippen LogP contribution in [-0.4, -0.2) is 46.1 Å². The quantitative estimate of drug-likeness (QED) is 0.0462. The Bertz CT molecular complexity index is 747. The normalized spacial score (nSPS) is 13.3. The maximum Gasteiger partial charge on any atom is 0.222 e. The lowest BCUT2D eigenvalue weighted by Gasteiger charge is -2.23. The van der Waals surface area contributed by atoms with Gasteiger partial charge in [-0.25, -0.2) is 0 Å². The van der Waals surface area contributed by atoms with E-state index in [1.807, 2.05) is 0 Å². The molecule has 5 nitrogen and oxygen atoms in total. The van der Waals surface area contributed by atoms with Gasteiger partial charge in [0.15, 0.2) is 0 Å². The summed E-state index contributed by atoms with van der Waals surface area (Å²) in [6.07, 6.45) is 55.3. The molecule has 5 heteroatoms. The minimum absolute atomic E-state index is 0.0433. The van der Waals surface area contributed by atoms with Crippen LogP contribution in [0.5, 0.6) is 0 Å². The van der Waals surface area contributed by atoms with E-state index < -0.39 is 18.2 Å². The minimum Gasteiger partial charge on any atom is -0.394 e. The molecule has 0 fully saturated rings. The van der Waals surface area contributed by atoms with Crippen LogP contribution in [0.2, 0.25) is 0 Å². The summed E-state index contributed by atoms with van der Waals surface area (Å²) < 4.78 is 0. The van der Waals surface area contributed by atoms with Gasteiger partial charge >= 0.3 is 0 Å². The van der Waals surface area contributed by atoms with Gasteiger partial charge in [-0.2, -0.15) is 0 Å². The summed E-state index contributed by atoms with van der Waals surface area (Å²) in [7, 11) is 0. The van der Waals surface area contributed by atoms with Crippen LogP contribution in [0.15, 0.2) is 0 Å². The van der Waals surface area contributed by atoms with Crippen LogP contribution >= 0.6 is 0 Å². The number of hydrogen-bond acceptors (Lipinski definition) is 4. The van der Waals surface area contributed by atoms with Gasteiger partial charge in [-0.05, 0) is 12.8 Å². The molecule has 0 aromatic heterocycles. The predicted octanol–water partition coefficient (Wildman–Crippen LogP) is 15.4. The fourth-order valence-corrected chi connectivity index (χ4v) is 8.47. The topological polar surface area (TPSA) is 89.8 Å². The third-order valence-corrected chi connectivity index (χ3v) is 12.4. The molecule has 0 aromatic rings. The van der Waals surface area contributed by atoms with Crippen molar-refractivity contribution in [2.75, 3.05) is 6.61 Å². The summed E-state index contributed by atoms with van der Waals surface area (Å²) in [5.41, 5.74) is 0. The van der Waals surface area contributed by atoms with Crippen LogP contribution < -0.4 is 5.32 Å². The van der Waals surface area contributed by atoms with Gasteiger partial charge < -0.3 is 20.6 Å². The Labute approximate surface area is 351 Å². The summed E-state index contributed by atoms with van der Waals surface area (Å²) in [5.74, 6) is -0.276. The van der Waals surface area contributed by atoms with Crippen LogP contribution in [0.25, 0.3) is 0 Å². The van der Waals surface area contributed by atoms with Gasteiger partial charge in [0.25, 0.3) is 0 Å². The average molecular weight is 794 g/mol. The van der Waals surface area contributed by atoms with Gasteiger partial charge in [0, 0.05) is 0 Å². The number of hydrogen-bond donors (Lipinski definition) is 4. The summed E-state index contributed by atoms with van der Waals surface area (Å²) in [4.78, 5) is 12.5. The van der Waals surface area contributed by atoms with Crippen molar-refractivity contribution in [1.29, 1.82) is 0 Å². The zero-order valence-electron chi connectivity index (χ0n) is 38.3. The molecule has 0 spiro atoms. The molecule has 0 saturated carbocycles. The Morgan fingerprint density at radius 1 is 0.375 bits per heavy atom. The number of carbonyl (C=O) groups is 1. The maximum absolute atomic E-state index is 12.5. The largest absolute Gasteiger partial charge is 0.394 e. The van der Waals surface area contributed by atoms with Crippen molar-refractivity contribution >= 4 is 5.91 Å². The SMILES string of the molecule is CCCCCCCCCCCCCCCCCCCCCCCCCCCCC(O)CC(=O)NC(CO)C(O)CCCCCCCCCCCCCCCCC. The lowest BCUT2D eigenvalue weighted by molar-refractivity contribution is -0.125. The molecular weight excluding hydrogens is 691 g/mol. The molecule has 0 rings (SSSR count). The third-order valence-electron chi connectivity index (χ3n) is 12.4. The van der Waals surface area contributed by atoms with Gasteiger partial charge in [-0.3, -0.25) is 4.79 Å². The summed E-state index contributed by atoms with van der Waals surface area (Å²) in [5, 5.41) is 33.5. The van der Waals surface area contributed by atoms with Crippen LogP contribution in [0.4, 0.5) is 0 Å². The Hall–Kier alpha value is -0.650. The average Bonchev–Trinajstić information content (AvgIpc) is 3.19. The first kappa shape index (κ1) is 55.4. The molecule has 0 aromatic carbocycles. The molecule has 3 atom stereocenters. The Kier molecular flexibility index (Phi) is 46.5. The van der Waals surface area contributed by atoms with Crippen molar-refractivity contribution in [2.24, 2.45) is 0 Å². The lowest BCUT2D eigenvalue weighted by atomic mass is 10.0. The van der Waals surface area contributed by atoms with Gasteiger partial charge in [-0.15, -0.1) is 0 Å². The highest BCUT2D eigenvalue weighted by molar-refractivity contribution is 5.76. The van der Waals surface area contributed by atoms with Crippen LogP contribution in [0.1, 0.15) is 296 Å². The molecule has 0 heterocycles. The number of rotatable bonds is 48. The summed E-state index contributed by atoms with van der Waals surface area (Å²) >= 11 is 0. The van der Waals surface area contributed by atoms with Gasteiger partial charge in [-0.1, -0.05) is 277 Å². The molecular formula is C51H103NO4. The number of nitrogens with one attached hydrogen (secondary N) is 1. The van der Waals surface area contributed by atoms with E-state index in [4.69, 9.17) is 0 Å². The first-order chi connectivity index (χ1) is 27.5. The molecule has 0 aliphatic rings. The van der Waals surface area contributed by atoms with Crippen LogP contribution in [0.3, 0.4) is 0 Å². The number of aliphatic hydroxyl groups excluding tert-OH is 3. The number of aliphatic hydroxyl groups is 3. The first-order valence-corrected chi connectivity index (χ1v) is 25.8. The predicted molar refractivity (Wildman–Crippen MR) is 246 cm³/mol. The van der Waals surface area contributed by atoms with Crippen LogP contribution in [0, 0.1) is 0 Å². The zero-order chi connectivity index (χ0) is 40.8. The standard InChI is InChI=1S/C51H103NO4/c1-3-5-7-9-11-13-15-17-19-20-21-22-23-24-25-26-27-28-29-31-32-34-36-38-40-42-44-48(54)46-51(56)52-49(47-53)50(55)45-43-41-39-37-35-33-30-18-16-14-12-10-8-6-4-2/h48-50,53-55H,3-47H2,1-2H3,(H,52,56). The second-order valence-corrected chi connectivity index (χ2v) is 18.1. The zero-order valence-corrected chi connectivity index (χ0v) is 38.3. The molecule has 3 unspecified atom stereocenters. The van der Waals surface area contributed by atoms with Gasteiger partial charge in [0.1, 0.15) is 0 Å². The van der Waals surface area contributed by atoms with Gasteiger partial charge in [0.05, 0.1) is 31.3 Å². The molecule has 336 valence electrons. The number of amides is 1. The maximum atomic E-state index is 12.5. The lowest BCUT2D eigenvalue weighted by Crippen LogP contribution is -2.46. The van der Waals surface area contributed by atoms with Crippen molar-refractivity contribution in [3.8, 4) is 0 Å².